The minimum absolute atomic E-state index is 0.278. The van der Waals surface area contributed by atoms with Crippen molar-refractivity contribution in [3.63, 3.8) is 0 Å². The first-order chi connectivity index (χ1) is 4.74. The normalized spacial score (nSPS) is 27.2. The van der Waals surface area contributed by atoms with Crippen molar-refractivity contribution in [3.05, 3.63) is 0 Å². The summed E-state index contributed by atoms with van der Waals surface area (Å²) in [5, 5.41) is 8.96. The molecule has 0 aromatic rings. The lowest BCUT2D eigenvalue weighted by Gasteiger charge is -2.09. The second-order valence-electron chi connectivity index (χ2n) is 2.18. The predicted octanol–water partition coefficient (Wildman–Crippen LogP) is -0.314. The van der Waals surface area contributed by atoms with E-state index in [1.807, 2.05) is 0 Å². The van der Waals surface area contributed by atoms with Gasteiger partial charge in [0.2, 0.25) is 0 Å². The van der Waals surface area contributed by atoms with Gasteiger partial charge in [-0.3, -0.25) is 4.79 Å². The van der Waals surface area contributed by atoms with Crippen LogP contribution in [0.15, 0.2) is 0 Å². The molecule has 1 rings (SSSR count). The summed E-state index contributed by atoms with van der Waals surface area (Å²) in [6.45, 7) is 0. The second kappa shape index (κ2) is 2.72. The molecule has 0 amide bonds. The molecule has 1 aliphatic rings. The first kappa shape index (κ1) is 7.10. The first-order valence-corrected chi connectivity index (χ1v) is 3.07. The van der Waals surface area contributed by atoms with E-state index in [2.05, 4.69) is 10.7 Å². The van der Waals surface area contributed by atoms with Crippen molar-refractivity contribution in [1.29, 1.82) is 0 Å². The van der Waals surface area contributed by atoms with E-state index in [0.29, 0.717) is 12.8 Å². The van der Waals surface area contributed by atoms with Gasteiger partial charge in [0.15, 0.2) is 6.10 Å². The summed E-state index contributed by atoms with van der Waals surface area (Å²) in [6, 6.07) is 0. The van der Waals surface area contributed by atoms with Gasteiger partial charge in [-0.2, -0.15) is 0 Å². The molecule has 0 spiro atoms. The zero-order valence-corrected chi connectivity index (χ0v) is 5.41. The van der Waals surface area contributed by atoms with Crippen LogP contribution in [-0.2, 0) is 9.53 Å². The zero-order valence-electron chi connectivity index (χ0n) is 5.41. The van der Waals surface area contributed by atoms with Crippen LogP contribution >= 0.6 is 0 Å². The minimum Gasteiger partial charge on any atom is -0.459 e. The number of cyclic esters (lactones) is 1. The van der Waals surface area contributed by atoms with E-state index in [-0.39, 0.29) is 5.97 Å². The van der Waals surface area contributed by atoms with E-state index in [4.69, 9.17) is 11.5 Å². The molecule has 1 fully saturated rings. The smallest absolute Gasteiger partial charge is 0.306 e. The van der Waals surface area contributed by atoms with Gasteiger partial charge in [0.05, 0.1) is 0 Å². The highest BCUT2D eigenvalue weighted by atomic mass is 16.6. The van der Waals surface area contributed by atoms with Crippen molar-refractivity contribution in [2.24, 2.45) is 0 Å². The van der Waals surface area contributed by atoms with Crippen LogP contribution in [0.2, 0.25) is 0 Å². The molecule has 3 heteroatoms. The van der Waals surface area contributed by atoms with Crippen molar-refractivity contribution < 1.29 is 14.6 Å². The Balaban J connectivity index is 2.46. The molecule has 10 heavy (non-hydrogen) atoms. The lowest BCUT2D eigenvalue weighted by molar-refractivity contribution is -0.143. The molecule has 0 saturated carbocycles. The molecule has 0 aromatic carbocycles. The largest absolute Gasteiger partial charge is 0.459 e. The minimum atomic E-state index is -0.938. The fourth-order valence-corrected chi connectivity index (χ4v) is 0.876. The number of carbonyl (C=O) groups excluding carboxylic acids is 1. The number of ether oxygens (including phenoxy) is 1. The number of aliphatic hydroxyl groups excluding tert-OH is 1. The summed E-state index contributed by atoms with van der Waals surface area (Å²) in [4.78, 5) is 10.5. The van der Waals surface area contributed by atoms with Crippen LogP contribution in [0.3, 0.4) is 0 Å². The molecule has 2 atom stereocenters. The molecule has 3 nitrogen and oxygen atoms in total. The molecule has 54 valence electrons. The standard InChI is InChI=1S/C7H8O3/c1-2-5(8)6-3-4-7(9)10-6/h1,5-6,8H,3-4H2/t5-,6-/m1/s1. The van der Waals surface area contributed by atoms with Gasteiger partial charge in [0.25, 0.3) is 0 Å². The van der Waals surface area contributed by atoms with E-state index in [0.717, 1.165) is 0 Å². The number of rotatable bonds is 1. The Morgan fingerprint density at radius 2 is 2.60 bits per heavy atom. The molecule has 1 aliphatic heterocycles. The SMILES string of the molecule is C#C[C@@H](O)[C@H]1CCC(=O)O1. The number of carbonyl (C=O) groups is 1. The molecule has 0 aromatic heterocycles. The van der Waals surface area contributed by atoms with Crippen molar-refractivity contribution in [1.82, 2.24) is 0 Å². The molecule has 1 N–H and O–H groups in total. The zero-order chi connectivity index (χ0) is 7.56. The van der Waals surface area contributed by atoms with Crippen molar-refractivity contribution >= 4 is 5.97 Å². The number of aliphatic hydroxyl groups is 1. The Bertz CT molecular complexity index is 180. The molecular weight excluding hydrogens is 132 g/mol. The lowest BCUT2D eigenvalue weighted by Crippen LogP contribution is -2.23. The molecule has 0 unspecified atom stereocenters. The molecule has 0 aliphatic carbocycles. The quantitative estimate of drug-likeness (QED) is 0.401. The van der Waals surface area contributed by atoms with Crippen LogP contribution in [0, 0.1) is 12.3 Å². The number of hydrogen-bond acceptors (Lipinski definition) is 3. The van der Waals surface area contributed by atoms with Crippen LogP contribution in [0.5, 0.6) is 0 Å². The van der Waals surface area contributed by atoms with E-state index >= 15 is 0 Å². The monoisotopic (exact) mass is 140 g/mol. The average Bonchev–Trinajstić information content (AvgIpc) is 2.34. The van der Waals surface area contributed by atoms with Crippen LogP contribution in [0.1, 0.15) is 12.8 Å². The maximum atomic E-state index is 10.5. The molecule has 1 heterocycles. The van der Waals surface area contributed by atoms with Gasteiger partial charge in [0, 0.05) is 6.42 Å². The maximum Gasteiger partial charge on any atom is 0.306 e. The Labute approximate surface area is 59.0 Å². The highest BCUT2D eigenvalue weighted by Crippen LogP contribution is 2.16. The lowest BCUT2D eigenvalue weighted by atomic mass is 10.1. The summed E-state index contributed by atoms with van der Waals surface area (Å²) in [6.07, 6.45) is 4.39. The number of terminal acetylenes is 1. The van der Waals surface area contributed by atoms with Gasteiger partial charge in [-0.05, 0) is 6.42 Å². The summed E-state index contributed by atoms with van der Waals surface area (Å²) < 4.78 is 4.68. The van der Waals surface area contributed by atoms with Crippen molar-refractivity contribution in [2.75, 3.05) is 0 Å². The van der Waals surface area contributed by atoms with Gasteiger partial charge in [-0.15, -0.1) is 6.42 Å². The Morgan fingerprint density at radius 3 is 3.00 bits per heavy atom. The highest BCUT2D eigenvalue weighted by Gasteiger charge is 2.28. The van der Waals surface area contributed by atoms with E-state index in [1.165, 1.54) is 0 Å². The molecular formula is C7H8O3. The Kier molecular flexibility index (Phi) is 1.93. The third kappa shape index (κ3) is 1.28. The highest BCUT2D eigenvalue weighted by molar-refractivity contribution is 5.71. The maximum absolute atomic E-state index is 10.5. The molecule has 0 bridgehead atoms. The van der Waals surface area contributed by atoms with Gasteiger partial charge >= 0.3 is 5.97 Å². The molecule has 0 radical (unpaired) electrons. The number of hydrogen-bond donors (Lipinski definition) is 1. The van der Waals surface area contributed by atoms with Crippen LogP contribution in [0.25, 0.3) is 0 Å². The topological polar surface area (TPSA) is 46.5 Å². The molecule has 1 saturated heterocycles. The van der Waals surface area contributed by atoms with Crippen molar-refractivity contribution in [3.8, 4) is 12.3 Å². The average molecular weight is 140 g/mol. The van der Waals surface area contributed by atoms with Crippen LogP contribution in [0.4, 0.5) is 0 Å². The summed E-state index contributed by atoms with van der Waals surface area (Å²) in [5.74, 6) is 1.83. The Morgan fingerprint density at radius 1 is 1.90 bits per heavy atom. The summed E-state index contributed by atoms with van der Waals surface area (Å²) in [7, 11) is 0. The van der Waals surface area contributed by atoms with Gasteiger partial charge < -0.3 is 9.84 Å². The van der Waals surface area contributed by atoms with Crippen molar-refractivity contribution in [2.45, 2.75) is 25.0 Å². The van der Waals surface area contributed by atoms with E-state index in [1.54, 1.807) is 0 Å². The van der Waals surface area contributed by atoms with Gasteiger partial charge in [-0.25, -0.2) is 0 Å². The third-order valence-electron chi connectivity index (χ3n) is 1.44. The fourth-order valence-electron chi connectivity index (χ4n) is 0.876. The first-order valence-electron chi connectivity index (χ1n) is 3.07. The van der Waals surface area contributed by atoms with Crippen LogP contribution in [-0.4, -0.2) is 23.3 Å². The van der Waals surface area contributed by atoms with E-state index < -0.39 is 12.2 Å². The Hall–Kier alpha value is -1.01. The second-order valence-corrected chi connectivity index (χ2v) is 2.18. The van der Waals surface area contributed by atoms with Gasteiger partial charge in [-0.1, -0.05) is 5.92 Å². The summed E-state index contributed by atoms with van der Waals surface area (Å²) >= 11 is 0. The summed E-state index contributed by atoms with van der Waals surface area (Å²) in [5.41, 5.74) is 0. The van der Waals surface area contributed by atoms with Crippen LogP contribution < -0.4 is 0 Å². The van der Waals surface area contributed by atoms with Gasteiger partial charge in [0.1, 0.15) is 6.10 Å². The van der Waals surface area contributed by atoms with E-state index in [9.17, 15) is 4.79 Å². The fraction of sp³-hybridized carbons (Fsp3) is 0.571. The predicted molar refractivity (Wildman–Crippen MR) is 34.0 cm³/mol. The third-order valence-corrected chi connectivity index (χ3v) is 1.44. The number of esters is 1.